The van der Waals surface area contributed by atoms with Crippen LogP contribution >= 0.6 is 0 Å². The van der Waals surface area contributed by atoms with Crippen LogP contribution in [-0.2, 0) is 20.2 Å². The summed E-state index contributed by atoms with van der Waals surface area (Å²) in [7, 11) is -9.07. The van der Waals surface area contributed by atoms with Crippen molar-refractivity contribution >= 4 is 42.4 Å². The van der Waals surface area contributed by atoms with Crippen molar-refractivity contribution in [3.63, 3.8) is 0 Å². The van der Waals surface area contributed by atoms with Crippen molar-refractivity contribution in [1.29, 1.82) is 0 Å². The summed E-state index contributed by atoms with van der Waals surface area (Å²) in [6.45, 7) is 0. The molecule has 0 unspecified atom stereocenters. The average Bonchev–Trinajstić information content (AvgIpc) is 2.59. The summed E-state index contributed by atoms with van der Waals surface area (Å²) in [6.07, 6.45) is 0. The molecule has 1 N–H and O–H groups in total. The first-order valence-corrected chi connectivity index (χ1v) is 10.1. The van der Waals surface area contributed by atoms with Gasteiger partial charge in [-0.15, -0.1) is 0 Å². The summed E-state index contributed by atoms with van der Waals surface area (Å²) in [5.74, 6) is -0.501. The van der Waals surface area contributed by atoms with E-state index in [-0.39, 0.29) is 80.8 Å². The van der Waals surface area contributed by atoms with Gasteiger partial charge in [0.25, 0.3) is 10.1 Å². The Morgan fingerprint density at radius 3 is 2.14 bits per heavy atom. The van der Waals surface area contributed by atoms with Crippen LogP contribution in [0.2, 0.25) is 0 Å². The van der Waals surface area contributed by atoms with Crippen molar-refractivity contribution in [3.8, 4) is 5.75 Å². The van der Waals surface area contributed by atoms with Crippen molar-refractivity contribution in [2.75, 3.05) is 0 Å². The van der Waals surface area contributed by atoms with Crippen molar-refractivity contribution in [3.05, 3.63) is 54.6 Å². The zero-order valence-corrected chi connectivity index (χ0v) is 20.9. The predicted octanol–water partition coefficient (Wildman–Crippen LogP) is -3.51. The number of fused-ring (bicyclic) bond motifs is 1. The van der Waals surface area contributed by atoms with Crippen LogP contribution in [0, 0.1) is 0 Å². The van der Waals surface area contributed by atoms with Crippen LogP contribution in [0.1, 0.15) is 0 Å². The Morgan fingerprint density at radius 2 is 1.52 bits per heavy atom. The summed E-state index contributed by atoms with van der Waals surface area (Å²) in [6, 6.07) is 10.9. The molecule has 0 aliphatic rings. The molecule has 0 radical (unpaired) electrons. The van der Waals surface area contributed by atoms with Gasteiger partial charge in [0.2, 0.25) is 0 Å². The van der Waals surface area contributed by atoms with E-state index in [1.165, 1.54) is 30.3 Å². The van der Waals surface area contributed by atoms with E-state index >= 15 is 0 Å². The Hall–Kier alpha value is -0.860. The van der Waals surface area contributed by atoms with Gasteiger partial charge in [-0.05, 0) is 35.7 Å². The first-order chi connectivity index (χ1) is 12.6. The van der Waals surface area contributed by atoms with E-state index in [4.69, 9.17) is 4.55 Å². The third-order valence-corrected chi connectivity index (χ3v) is 5.28. The molecule has 29 heavy (non-hydrogen) atoms. The van der Waals surface area contributed by atoms with Gasteiger partial charge in [-0.25, -0.2) is 8.42 Å². The van der Waals surface area contributed by atoms with Gasteiger partial charge in [0.15, 0.2) is 0 Å². The molecule has 0 heterocycles. The summed E-state index contributed by atoms with van der Waals surface area (Å²) < 4.78 is 64.7. The first kappa shape index (κ1) is 26.2. The van der Waals surface area contributed by atoms with Crippen LogP contribution in [-0.4, -0.2) is 25.9 Å². The second-order valence-electron chi connectivity index (χ2n) is 5.42. The van der Waals surface area contributed by atoms with Crippen molar-refractivity contribution < 1.29 is 90.2 Å². The van der Waals surface area contributed by atoms with Gasteiger partial charge in [-0.3, -0.25) is 4.55 Å². The fraction of sp³-hybridized carbons (Fsp3) is 0. The molecule has 140 valence electrons. The van der Waals surface area contributed by atoms with Crippen molar-refractivity contribution in [2.24, 2.45) is 10.2 Å². The minimum Gasteiger partial charge on any atom is -0.871 e. The Labute approximate surface area is 210 Å². The number of nitrogens with zero attached hydrogens (tertiary/aromatic N) is 2. The minimum absolute atomic E-state index is 0. The monoisotopic (exact) mass is 452 g/mol. The molecule has 0 saturated heterocycles. The fourth-order valence-corrected chi connectivity index (χ4v) is 3.37. The Kier molecular flexibility index (Phi) is 8.99. The molecule has 3 rings (SSSR count). The molecule has 0 atom stereocenters. The zero-order chi connectivity index (χ0) is 19.8. The molecular formula is C16H10N2Na2O7S2. The van der Waals surface area contributed by atoms with E-state index in [1.807, 2.05) is 0 Å². The Morgan fingerprint density at radius 1 is 0.828 bits per heavy atom. The maximum atomic E-state index is 12.1. The predicted molar refractivity (Wildman–Crippen MR) is 91.8 cm³/mol. The van der Waals surface area contributed by atoms with Crippen LogP contribution in [0.15, 0.2) is 74.6 Å². The SMILES string of the molecule is O=S(=O)([O-])c1cccc(N=Nc2c([O-])ccc3cc(S(=O)(=O)O)ccc23)c1.[Na+].[Na+]. The molecule has 0 fully saturated rings. The van der Waals surface area contributed by atoms with E-state index < -0.39 is 30.9 Å². The molecule has 0 amide bonds. The molecule has 0 saturated carbocycles. The smallest absolute Gasteiger partial charge is 0.871 e. The number of rotatable bonds is 4. The second-order valence-corrected chi connectivity index (χ2v) is 8.22. The van der Waals surface area contributed by atoms with Crippen LogP contribution in [0.3, 0.4) is 0 Å². The third kappa shape index (κ3) is 6.31. The molecule has 9 nitrogen and oxygen atoms in total. The topological polar surface area (TPSA) is 159 Å². The Balaban J connectivity index is 0.00000210. The summed E-state index contributed by atoms with van der Waals surface area (Å²) in [4.78, 5) is -0.832. The van der Waals surface area contributed by atoms with Gasteiger partial charge < -0.3 is 9.66 Å². The van der Waals surface area contributed by atoms with Gasteiger partial charge in [0.05, 0.1) is 21.2 Å². The van der Waals surface area contributed by atoms with Gasteiger partial charge in [-0.2, -0.15) is 18.6 Å². The van der Waals surface area contributed by atoms with E-state index in [0.29, 0.717) is 5.39 Å². The van der Waals surface area contributed by atoms with Crippen molar-refractivity contribution in [1.82, 2.24) is 0 Å². The first-order valence-electron chi connectivity index (χ1n) is 7.25. The number of azo groups is 1. The second kappa shape index (κ2) is 9.96. The van der Waals surface area contributed by atoms with E-state index in [1.54, 1.807) is 0 Å². The molecule has 13 heteroatoms. The molecule has 0 spiro atoms. The molecule has 0 aliphatic carbocycles. The van der Waals surface area contributed by atoms with Crippen LogP contribution in [0.4, 0.5) is 11.4 Å². The molecular weight excluding hydrogens is 442 g/mol. The van der Waals surface area contributed by atoms with Gasteiger partial charge in [-0.1, -0.05) is 30.0 Å². The van der Waals surface area contributed by atoms with E-state index in [9.17, 15) is 26.5 Å². The van der Waals surface area contributed by atoms with Crippen LogP contribution in [0.25, 0.3) is 10.8 Å². The van der Waals surface area contributed by atoms with E-state index in [0.717, 1.165) is 24.3 Å². The van der Waals surface area contributed by atoms with Gasteiger partial charge in [0.1, 0.15) is 10.1 Å². The third-order valence-electron chi connectivity index (χ3n) is 3.60. The molecule has 0 bridgehead atoms. The maximum Gasteiger partial charge on any atom is 1.00 e. The summed E-state index contributed by atoms with van der Waals surface area (Å²) >= 11 is 0. The largest absolute Gasteiger partial charge is 1.00 e. The van der Waals surface area contributed by atoms with Gasteiger partial charge in [0, 0.05) is 5.39 Å². The standard InChI is InChI=1S/C16H12N2O7S2.2Na/c19-15-7-4-10-8-13(27(23,24)25)5-6-14(10)16(15)18-17-11-2-1-3-12(9-11)26(20,21)22;;/h1-9,19H,(H,20,21,22)(H,23,24,25);;/q;2*+1/p-2. The van der Waals surface area contributed by atoms with Crippen LogP contribution in [0.5, 0.6) is 5.75 Å². The Bertz CT molecular complexity index is 1290. The maximum absolute atomic E-state index is 12.1. The average molecular weight is 452 g/mol. The normalized spacial score (nSPS) is 11.8. The molecule has 0 aromatic heterocycles. The minimum atomic E-state index is -4.66. The van der Waals surface area contributed by atoms with Crippen molar-refractivity contribution in [2.45, 2.75) is 9.79 Å². The number of hydrogen-bond donors (Lipinski definition) is 1. The van der Waals surface area contributed by atoms with Crippen LogP contribution < -0.4 is 64.2 Å². The summed E-state index contributed by atoms with van der Waals surface area (Å²) in [5.41, 5.74) is -0.0670. The number of hydrogen-bond acceptors (Lipinski definition) is 8. The summed E-state index contributed by atoms with van der Waals surface area (Å²) in [5, 5.41) is 20.3. The molecule has 3 aromatic rings. The number of benzene rings is 3. The molecule has 3 aromatic carbocycles. The fourth-order valence-electron chi connectivity index (χ4n) is 2.34. The zero-order valence-electron chi connectivity index (χ0n) is 15.3. The van der Waals surface area contributed by atoms with Gasteiger partial charge >= 0.3 is 59.1 Å². The quantitative estimate of drug-likeness (QED) is 0.244. The van der Waals surface area contributed by atoms with E-state index in [2.05, 4.69) is 10.2 Å². The molecule has 0 aliphatic heterocycles.